The lowest BCUT2D eigenvalue weighted by Crippen LogP contribution is -2.60. The summed E-state index contributed by atoms with van der Waals surface area (Å²) < 4.78 is 35.2. The average molecular weight is 482 g/mol. The highest BCUT2D eigenvalue weighted by Gasteiger charge is 2.43. The number of benzene rings is 1. The van der Waals surface area contributed by atoms with E-state index in [1.54, 1.807) is 41.7 Å². The van der Waals surface area contributed by atoms with Gasteiger partial charge in [-0.15, -0.1) is 5.10 Å². The van der Waals surface area contributed by atoms with Crippen LogP contribution in [0.3, 0.4) is 0 Å². The van der Waals surface area contributed by atoms with E-state index in [1.165, 1.54) is 16.9 Å². The molecule has 10 nitrogen and oxygen atoms in total. The Morgan fingerprint density at radius 1 is 1.29 bits per heavy atom. The van der Waals surface area contributed by atoms with Gasteiger partial charge in [0.05, 0.1) is 17.5 Å². The predicted molar refractivity (Wildman–Crippen MR) is 127 cm³/mol. The van der Waals surface area contributed by atoms with E-state index in [4.69, 9.17) is 11.0 Å². The first-order valence-corrected chi connectivity index (χ1v) is 12.7. The zero-order valence-electron chi connectivity index (χ0n) is 18.5. The summed E-state index contributed by atoms with van der Waals surface area (Å²) in [5.41, 5.74) is 6.98. The van der Waals surface area contributed by atoms with Gasteiger partial charge in [-0.3, -0.25) is 8.51 Å². The van der Waals surface area contributed by atoms with Gasteiger partial charge in [0.2, 0.25) is 5.96 Å². The molecule has 0 bridgehead atoms. The maximum atomic E-state index is 15.1. The Balaban J connectivity index is 1.51. The van der Waals surface area contributed by atoms with Crippen molar-refractivity contribution in [3.8, 4) is 23.1 Å². The second-order valence-corrected chi connectivity index (χ2v) is 11.1. The maximum Gasteiger partial charge on any atom is 0.203 e. The van der Waals surface area contributed by atoms with E-state index in [9.17, 15) is 4.21 Å². The van der Waals surface area contributed by atoms with Gasteiger partial charge in [0.15, 0.2) is 5.82 Å². The van der Waals surface area contributed by atoms with Crippen LogP contribution in [0.1, 0.15) is 30.9 Å². The Kier molecular flexibility index (Phi) is 5.38. The van der Waals surface area contributed by atoms with E-state index in [-0.39, 0.29) is 11.7 Å². The van der Waals surface area contributed by atoms with Gasteiger partial charge in [0.25, 0.3) is 0 Å². The van der Waals surface area contributed by atoms with Gasteiger partial charge in [-0.2, -0.15) is 5.26 Å². The van der Waals surface area contributed by atoms with E-state index in [0.29, 0.717) is 41.3 Å². The zero-order valence-corrected chi connectivity index (χ0v) is 19.4. The average Bonchev–Trinajstić information content (AvgIpc) is 3.22. The summed E-state index contributed by atoms with van der Waals surface area (Å²) in [5, 5.41) is 17.2. The minimum Gasteiger partial charge on any atom is -0.369 e. The molecular formula is C22H24FN9OS. The largest absolute Gasteiger partial charge is 0.369 e. The van der Waals surface area contributed by atoms with Crippen molar-refractivity contribution in [2.24, 2.45) is 10.7 Å². The molecule has 0 amide bonds. The van der Waals surface area contributed by atoms with Gasteiger partial charge in [0.1, 0.15) is 23.1 Å². The molecule has 0 unspecified atom stereocenters. The van der Waals surface area contributed by atoms with E-state index in [2.05, 4.69) is 25.0 Å². The van der Waals surface area contributed by atoms with Crippen LogP contribution in [0.4, 0.5) is 4.39 Å². The number of aliphatic imine (C=N–C) groups is 1. The van der Waals surface area contributed by atoms with E-state index in [0.717, 1.165) is 12.8 Å². The van der Waals surface area contributed by atoms with Crippen LogP contribution in [-0.4, -0.2) is 53.3 Å². The highest BCUT2D eigenvalue weighted by Crippen LogP contribution is 2.37. The highest BCUT2D eigenvalue weighted by atomic mass is 32.3. The number of thiol groups is 1. The van der Waals surface area contributed by atoms with Crippen LogP contribution in [-0.2, 0) is 15.8 Å². The number of aromatic nitrogens is 4. The SMILES string of the molecule is C[C@@]1(c2cc(-c3cn(-c4ccc(C#N)cn4)nn3)ccc2F)C[SH]2(=O)NCCCCN2C(N)=N1. The molecular weight excluding hydrogens is 457 g/mol. The summed E-state index contributed by atoms with van der Waals surface area (Å²) >= 11 is 0. The van der Waals surface area contributed by atoms with Crippen molar-refractivity contribution in [2.45, 2.75) is 25.3 Å². The Bertz CT molecular complexity index is 1360. The molecule has 0 aliphatic carbocycles. The number of fused-ring (bicyclic) bond motifs is 1. The Labute approximate surface area is 197 Å². The van der Waals surface area contributed by atoms with Crippen LogP contribution in [0.25, 0.3) is 17.1 Å². The van der Waals surface area contributed by atoms with Gasteiger partial charge >= 0.3 is 0 Å². The van der Waals surface area contributed by atoms with Gasteiger partial charge < -0.3 is 5.73 Å². The fourth-order valence-electron chi connectivity index (χ4n) is 4.41. The third kappa shape index (κ3) is 3.82. The normalized spacial score (nSPS) is 22.7. The van der Waals surface area contributed by atoms with Crippen LogP contribution in [0.5, 0.6) is 0 Å². The molecule has 1 saturated heterocycles. The van der Waals surface area contributed by atoms with Crippen LogP contribution in [0.15, 0.2) is 47.7 Å². The predicted octanol–water partition coefficient (Wildman–Crippen LogP) is 1.42. The number of nitrogens with zero attached hydrogens (tertiary/aromatic N) is 7. The van der Waals surface area contributed by atoms with Gasteiger partial charge in [-0.05, 0) is 50.1 Å². The van der Waals surface area contributed by atoms with Crippen molar-refractivity contribution in [3.63, 3.8) is 0 Å². The number of halogens is 1. The Hall–Kier alpha value is -3.69. The molecule has 2 aromatic heterocycles. The van der Waals surface area contributed by atoms with Gasteiger partial charge in [-0.25, -0.2) is 23.8 Å². The standard InChI is InChI=1S/C22H24FN9OS/c1-22(14-34(33)27-8-2-3-9-32(34)21(25)28-22)17-10-16(5-6-18(17)23)19-13-31(30-29-19)20-7-4-15(11-24)12-26-20/h4-7,10,12-13,34H,2-3,8-9,14H2,1H3,(H2,25,28)(H,27,33)/t22-/m0/s1. The molecule has 1 atom stereocenters. The van der Waals surface area contributed by atoms with Crippen molar-refractivity contribution in [1.29, 1.82) is 5.26 Å². The lowest BCUT2D eigenvalue weighted by Gasteiger charge is -2.45. The molecule has 2 aliphatic heterocycles. The smallest absolute Gasteiger partial charge is 0.203 e. The summed E-state index contributed by atoms with van der Waals surface area (Å²) in [6.07, 6.45) is 4.87. The first-order valence-electron chi connectivity index (χ1n) is 10.9. The molecule has 3 N–H and O–H groups in total. The van der Waals surface area contributed by atoms with Crippen molar-refractivity contribution < 1.29 is 8.60 Å². The topological polar surface area (TPSA) is 138 Å². The van der Waals surface area contributed by atoms with E-state index < -0.39 is 21.7 Å². The highest BCUT2D eigenvalue weighted by molar-refractivity contribution is 7.99. The van der Waals surface area contributed by atoms with E-state index >= 15 is 4.39 Å². The molecule has 0 saturated carbocycles. The number of pyridine rings is 1. The lowest BCUT2D eigenvalue weighted by atomic mass is 9.92. The number of nitriles is 1. The minimum absolute atomic E-state index is 0.128. The molecule has 2 aliphatic rings. The van der Waals surface area contributed by atoms with Crippen LogP contribution >= 0.6 is 0 Å². The summed E-state index contributed by atoms with van der Waals surface area (Å²) in [7, 11) is -3.06. The zero-order chi connectivity index (χ0) is 23.9. The maximum absolute atomic E-state index is 15.1. The minimum atomic E-state index is -3.06. The van der Waals surface area contributed by atoms with Crippen molar-refractivity contribution in [2.75, 3.05) is 18.8 Å². The van der Waals surface area contributed by atoms with Gasteiger partial charge in [0, 0.05) is 40.7 Å². The molecule has 1 fully saturated rings. The van der Waals surface area contributed by atoms with Crippen LogP contribution in [0.2, 0.25) is 0 Å². The Morgan fingerprint density at radius 2 is 2.15 bits per heavy atom. The lowest BCUT2D eigenvalue weighted by molar-refractivity contribution is 0.459. The molecule has 4 heterocycles. The molecule has 34 heavy (non-hydrogen) atoms. The number of hydrogen-bond donors (Lipinski definition) is 3. The molecule has 12 heteroatoms. The number of guanidine groups is 1. The Morgan fingerprint density at radius 3 is 2.91 bits per heavy atom. The fourth-order valence-corrected chi connectivity index (χ4v) is 7.29. The molecule has 0 spiro atoms. The van der Waals surface area contributed by atoms with Crippen molar-refractivity contribution >= 4 is 16.3 Å². The number of nitrogens with two attached hydrogens (primary N) is 1. The molecule has 0 radical (unpaired) electrons. The van der Waals surface area contributed by atoms with E-state index in [1.807, 2.05) is 6.07 Å². The first-order chi connectivity index (χ1) is 16.3. The third-order valence-corrected chi connectivity index (χ3v) is 9.09. The van der Waals surface area contributed by atoms with Crippen LogP contribution < -0.4 is 10.5 Å². The summed E-state index contributed by atoms with van der Waals surface area (Å²) in [4.78, 5) is 8.82. The van der Waals surface area contributed by atoms with Crippen LogP contribution in [0, 0.1) is 17.1 Å². The quantitative estimate of drug-likeness (QED) is 0.484. The number of nitrogens with one attached hydrogen (secondary N) is 1. The third-order valence-electron chi connectivity index (χ3n) is 6.14. The summed E-state index contributed by atoms with van der Waals surface area (Å²) in [5.74, 6) is 0.324. The molecule has 176 valence electrons. The monoisotopic (exact) mass is 481 g/mol. The molecule has 3 aromatic rings. The summed E-state index contributed by atoms with van der Waals surface area (Å²) in [6.45, 7) is 2.93. The van der Waals surface area contributed by atoms with Gasteiger partial charge in [-0.1, -0.05) is 5.21 Å². The molecule has 5 rings (SSSR count). The second kappa shape index (κ2) is 8.27. The first kappa shape index (κ1) is 22.1. The fraction of sp³-hybridized carbons (Fsp3) is 0.318. The summed E-state index contributed by atoms with van der Waals surface area (Å²) in [6, 6.07) is 9.94. The van der Waals surface area contributed by atoms with Crippen molar-refractivity contribution in [1.82, 2.24) is 29.0 Å². The second-order valence-electron chi connectivity index (χ2n) is 8.60. The van der Waals surface area contributed by atoms with Crippen molar-refractivity contribution in [3.05, 3.63) is 59.7 Å². The number of hydrogen-bond acceptors (Lipinski definition) is 7. The molecule has 1 aromatic carbocycles. The number of rotatable bonds is 3.